The highest BCUT2D eigenvalue weighted by Crippen LogP contribution is 2.24. The molecule has 0 aliphatic rings. The molecule has 7 nitrogen and oxygen atoms in total. The van der Waals surface area contributed by atoms with Crippen molar-refractivity contribution in [1.82, 2.24) is 13.7 Å². The number of fused-ring (bicyclic) bond motifs is 1. The zero-order valence-corrected chi connectivity index (χ0v) is 18.1. The van der Waals surface area contributed by atoms with Crippen molar-refractivity contribution in [3.63, 3.8) is 0 Å². The largest absolute Gasteiger partial charge is 0.379 e. The van der Waals surface area contributed by atoms with Crippen molar-refractivity contribution in [3.8, 4) is 0 Å². The van der Waals surface area contributed by atoms with Crippen LogP contribution < -0.4 is 10.9 Å². The highest BCUT2D eigenvalue weighted by atomic mass is 35.5. The summed E-state index contributed by atoms with van der Waals surface area (Å²) in [5.74, 6) is 0. The Morgan fingerprint density at radius 3 is 2.55 bits per heavy atom. The molecule has 0 saturated heterocycles. The van der Waals surface area contributed by atoms with Crippen molar-refractivity contribution in [2.24, 2.45) is 0 Å². The average molecular weight is 435 g/mol. The van der Waals surface area contributed by atoms with Crippen molar-refractivity contribution in [2.75, 3.05) is 18.4 Å². The molecule has 1 N–H and O–H groups in total. The summed E-state index contributed by atoms with van der Waals surface area (Å²) in [6.07, 6.45) is 1.52. The molecule has 0 aliphatic carbocycles. The van der Waals surface area contributed by atoms with E-state index in [0.717, 1.165) is 0 Å². The second-order valence-electron chi connectivity index (χ2n) is 6.58. The van der Waals surface area contributed by atoms with Gasteiger partial charge >= 0.3 is 0 Å². The predicted octanol–water partition coefficient (Wildman–Crippen LogP) is 3.30. The van der Waals surface area contributed by atoms with Crippen LogP contribution in [0.4, 0.5) is 5.69 Å². The molecule has 1 aromatic carbocycles. The van der Waals surface area contributed by atoms with E-state index in [2.05, 4.69) is 10.3 Å². The van der Waals surface area contributed by atoms with Crippen molar-refractivity contribution in [1.29, 1.82) is 0 Å². The van der Waals surface area contributed by atoms with E-state index in [-0.39, 0.29) is 17.0 Å². The second kappa shape index (κ2) is 8.52. The summed E-state index contributed by atoms with van der Waals surface area (Å²) >= 11 is 5.93. The zero-order valence-electron chi connectivity index (χ0n) is 16.5. The molecule has 2 heterocycles. The van der Waals surface area contributed by atoms with E-state index < -0.39 is 10.0 Å². The number of aromatic nitrogens is 2. The molecular weight excluding hydrogens is 412 g/mol. The van der Waals surface area contributed by atoms with Crippen LogP contribution in [-0.4, -0.2) is 35.2 Å². The van der Waals surface area contributed by atoms with E-state index in [1.807, 2.05) is 19.9 Å². The number of rotatable bonds is 7. The van der Waals surface area contributed by atoms with Gasteiger partial charge in [-0.3, -0.25) is 9.20 Å². The van der Waals surface area contributed by atoms with Crippen LogP contribution in [0.5, 0.6) is 0 Å². The fourth-order valence-corrected chi connectivity index (χ4v) is 4.97. The number of pyridine rings is 1. The lowest BCUT2D eigenvalue weighted by molar-refractivity contribution is 0.445. The SMILES string of the molecule is CCN(CC)S(=O)(=O)c1cc(NCc2cc(=O)n3cc(Cl)ccc3n2)ccc1C. The van der Waals surface area contributed by atoms with Gasteiger partial charge in [0, 0.05) is 31.0 Å². The molecule has 0 radical (unpaired) electrons. The minimum atomic E-state index is -3.57. The van der Waals surface area contributed by atoms with Crippen molar-refractivity contribution >= 4 is 33.0 Å². The van der Waals surface area contributed by atoms with Gasteiger partial charge in [-0.2, -0.15) is 4.31 Å². The van der Waals surface area contributed by atoms with Crippen LogP contribution in [0, 0.1) is 6.92 Å². The first-order valence-corrected chi connectivity index (χ1v) is 11.1. The summed E-state index contributed by atoms with van der Waals surface area (Å²) in [5.41, 5.74) is 2.13. The minimum absolute atomic E-state index is 0.233. The van der Waals surface area contributed by atoms with Gasteiger partial charge < -0.3 is 5.32 Å². The third-order valence-electron chi connectivity index (χ3n) is 4.66. The lowest BCUT2D eigenvalue weighted by Crippen LogP contribution is -2.31. The van der Waals surface area contributed by atoms with E-state index in [1.165, 1.54) is 21.0 Å². The molecular formula is C20H23ClN4O3S. The zero-order chi connectivity index (χ0) is 21.2. The lowest BCUT2D eigenvalue weighted by Gasteiger charge is -2.20. The molecule has 3 rings (SSSR count). The van der Waals surface area contributed by atoms with Crippen molar-refractivity contribution in [2.45, 2.75) is 32.2 Å². The van der Waals surface area contributed by atoms with Gasteiger partial charge in [0.05, 0.1) is 22.2 Å². The van der Waals surface area contributed by atoms with Gasteiger partial charge in [-0.15, -0.1) is 0 Å². The Hall–Kier alpha value is -2.42. The summed E-state index contributed by atoms with van der Waals surface area (Å²) in [5, 5.41) is 3.61. The number of nitrogens with one attached hydrogen (secondary N) is 1. The third kappa shape index (κ3) is 4.44. The lowest BCUT2D eigenvalue weighted by atomic mass is 10.2. The molecule has 2 aromatic heterocycles. The Kier molecular flexibility index (Phi) is 6.26. The number of hydrogen-bond acceptors (Lipinski definition) is 5. The molecule has 0 aliphatic heterocycles. The quantitative estimate of drug-likeness (QED) is 0.616. The smallest absolute Gasteiger partial charge is 0.258 e. The molecule has 3 aromatic rings. The van der Waals surface area contributed by atoms with Gasteiger partial charge in [-0.05, 0) is 36.8 Å². The number of aryl methyl sites for hydroxylation is 1. The van der Waals surface area contributed by atoms with E-state index in [4.69, 9.17) is 11.6 Å². The van der Waals surface area contributed by atoms with Crippen LogP contribution in [0.1, 0.15) is 25.1 Å². The van der Waals surface area contributed by atoms with Gasteiger partial charge in [-0.25, -0.2) is 13.4 Å². The Morgan fingerprint density at radius 1 is 1.14 bits per heavy atom. The Bertz CT molecular complexity index is 1200. The fraction of sp³-hybridized carbons (Fsp3) is 0.300. The van der Waals surface area contributed by atoms with Crippen LogP contribution >= 0.6 is 11.6 Å². The summed E-state index contributed by atoms with van der Waals surface area (Å²) < 4.78 is 28.6. The Morgan fingerprint density at radius 2 is 1.86 bits per heavy atom. The Labute approximate surface area is 175 Å². The normalized spacial score (nSPS) is 11.9. The summed E-state index contributed by atoms with van der Waals surface area (Å²) in [4.78, 5) is 17.0. The molecule has 154 valence electrons. The van der Waals surface area contributed by atoms with E-state index in [1.54, 1.807) is 31.2 Å². The average Bonchev–Trinajstić information content (AvgIpc) is 2.68. The van der Waals surface area contributed by atoms with E-state index in [9.17, 15) is 13.2 Å². The number of nitrogens with zero attached hydrogens (tertiary/aromatic N) is 3. The van der Waals surface area contributed by atoms with Gasteiger partial charge in [0.1, 0.15) is 5.65 Å². The highest BCUT2D eigenvalue weighted by Gasteiger charge is 2.23. The predicted molar refractivity (Wildman–Crippen MR) is 115 cm³/mol. The number of sulfonamides is 1. The van der Waals surface area contributed by atoms with Crippen LogP contribution in [0.15, 0.2) is 52.3 Å². The van der Waals surface area contributed by atoms with Crippen LogP contribution in [0.2, 0.25) is 5.02 Å². The maximum Gasteiger partial charge on any atom is 0.258 e. The number of hydrogen-bond donors (Lipinski definition) is 1. The highest BCUT2D eigenvalue weighted by molar-refractivity contribution is 7.89. The molecule has 0 unspecified atom stereocenters. The van der Waals surface area contributed by atoms with Crippen LogP contribution in [0.25, 0.3) is 5.65 Å². The van der Waals surface area contributed by atoms with E-state index in [0.29, 0.717) is 40.7 Å². The number of halogens is 1. The summed E-state index contributed by atoms with van der Waals surface area (Å²) in [6, 6.07) is 9.97. The first-order chi connectivity index (χ1) is 13.8. The summed E-state index contributed by atoms with van der Waals surface area (Å²) in [6.45, 7) is 6.50. The first-order valence-electron chi connectivity index (χ1n) is 9.28. The molecule has 0 atom stereocenters. The van der Waals surface area contributed by atoms with E-state index >= 15 is 0 Å². The maximum atomic E-state index is 12.9. The van der Waals surface area contributed by atoms with Gasteiger partial charge in [0.15, 0.2) is 0 Å². The van der Waals surface area contributed by atoms with Crippen molar-refractivity contribution < 1.29 is 8.42 Å². The maximum absolute atomic E-state index is 12.9. The minimum Gasteiger partial charge on any atom is -0.379 e. The third-order valence-corrected chi connectivity index (χ3v) is 7.08. The number of anilines is 1. The van der Waals surface area contributed by atoms with Gasteiger partial charge in [0.25, 0.3) is 5.56 Å². The van der Waals surface area contributed by atoms with Crippen LogP contribution in [-0.2, 0) is 16.6 Å². The molecule has 0 bridgehead atoms. The first kappa shape index (κ1) is 21.3. The van der Waals surface area contributed by atoms with Crippen LogP contribution in [0.3, 0.4) is 0 Å². The summed E-state index contributed by atoms with van der Waals surface area (Å²) in [7, 11) is -3.57. The molecule has 29 heavy (non-hydrogen) atoms. The molecule has 9 heteroatoms. The molecule has 0 fully saturated rings. The number of benzene rings is 1. The standard InChI is InChI=1S/C20H23ClN4O3S/c1-4-24(5-2)29(27,28)18-10-16(8-6-14(18)3)22-12-17-11-20(26)25-13-15(21)7-9-19(25)23-17/h6-11,13,22H,4-5,12H2,1-3H3. The molecule has 0 amide bonds. The van der Waals surface area contributed by atoms with Gasteiger partial charge in [0.2, 0.25) is 10.0 Å². The monoisotopic (exact) mass is 434 g/mol. The van der Waals surface area contributed by atoms with Gasteiger partial charge in [-0.1, -0.05) is 31.5 Å². The molecule has 0 spiro atoms. The topological polar surface area (TPSA) is 83.8 Å². The molecule has 0 saturated carbocycles. The Balaban J connectivity index is 1.88. The van der Waals surface area contributed by atoms with Crippen molar-refractivity contribution in [3.05, 3.63) is 69.2 Å². The fourth-order valence-electron chi connectivity index (χ4n) is 3.10. The second-order valence-corrected chi connectivity index (χ2v) is 8.93.